The topological polar surface area (TPSA) is 61.6 Å². The molecule has 0 aromatic rings. The first-order valence-corrected chi connectivity index (χ1v) is 9.24. The smallest absolute Gasteiger partial charge is 0.389 e. The molecule has 0 saturated carbocycles. The van der Waals surface area contributed by atoms with E-state index in [2.05, 4.69) is 13.8 Å². The number of hydrogen-bond acceptors (Lipinski definition) is 4. The Kier molecular flexibility index (Phi) is 9.21. The molecule has 4 unspecified atom stereocenters. The monoisotopic (exact) mass is 367 g/mol. The first-order valence-electron chi connectivity index (χ1n) is 9.24. The maximum absolute atomic E-state index is 12.3. The Morgan fingerprint density at radius 1 is 1.32 bits per heavy atom. The van der Waals surface area contributed by atoms with Crippen LogP contribution in [0.4, 0.5) is 13.2 Å². The molecule has 7 heteroatoms. The zero-order chi connectivity index (χ0) is 19.0. The van der Waals surface area contributed by atoms with E-state index in [9.17, 15) is 18.0 Å². The Balaban J connectivity index is 2.73. The van der Waals surface area contributed by atoms with Crippen molar-refractivity contribution in [2.45, 2.75) is 90.1 Å². The van der Waals surface area contributed by atoms with Crippen LogP contribution in [-0.2, 0) is 14.3 Å². The normalized spacial score (nSPS) is 29.0. The Labute approximate surface area is 148 Å². The molecule has 1 aliphatic heterocycles. The van der Waals surface area contributed by atoms with Crippen LogP contribution >= 0.6 is 0 Å². The summed E-state index contributed by atoms with van der Waals surface area (Å²) in [7, 11) is 0. The first kappa shape index (κ1) is 22.2. The van der Waals surface area contributed by atoms with Gasteiger partial charge in [-0.05, 0) is 44.4 Å². The standard InChI is InChI=1S/C18H32F3NO3/c1-12(2)8-9-14-6-4-7-15(22)17(23)25-13(3)16(14)24-11-5-10-18(19,20)21/h12-16H,4-11,22H2,1-3H3. The number of esters is 1. The Morgan fingerprint density at radius 2 is 2.00 bits per heavy atom. The quantitative estimate of drug-likeness (QED) is 0.541. The van der Waals surface area contributed by atoms with Crippen LogP contribution in [0.25, 0.3) is 0 Å². The zero-order valence-corrected chi connectivity index (χ0v) is 15.5. The van der Waals surface area contributed by atoms with Crippen molar-refractivity contribution >= 4 is 5.97 Å². The van der Waals surface area contributed by atoms with Gasteiger partial charge < -0.3 is 15.2 Å². The van der Waals surface area contributed by atoms with E-state index < -0.39 is 30.7 Å². The SMILES string of the molecule is CC(C)CCC1CCCC(N)C(=O)OC(C)C1OCCCC(F)(F)F. The summed E-state index contributed by atoms with van der Waals surface area (Å²) in [5.41, 5.74) is 5.82. The van der Waals surface area contributed by atoms with Crippen LogP contribution in [0.15, 0.2) is 0 Å². The van der Waals surface area contributed by atoms with Crippen LogP contribution in [0.2, 0.25) is 0 Å². The van der Waals surface area contributed by atoms with Gasteiger partial charge in [-0.25, -0.2) is 0 Å². The number of halogens is 3. The van der Waals surface area contributed by atoms with E-state index in [4.69, 9.17) is 15.2 Å². The van der Waals surface area contributed by atoms with Crippen molar-refractivity contribution in [3.63, 3.8) is 0 Å². The fourth-order valence-electron chi connectivity index (χ4n) is 3.22. The fourth-order valence-corrected chi connectivity index (χ4v) is 3.22. The molecule has 0 aromatic heterocycles. The maximum Gasteiger partial charge on any atom is 0.389 e. The molecule has 4 atom stereocenters. The van der Waals surface area contributed by atoms with Crippen molar-refractivity contribution in [3.05, 3.63) is 0 Å². The average molecular weight is 367 g/mol. The first-order chi connectivity index (χ1) is 11.6. The van der Waals surface area contributed by atoms with E-state index in [1.54, 1.807) is 6.92 Å². The molecule has 0 bridgehead atoms. The van der Waals surface area contributed by atoms with E-state index in [-0.39, 0.29) is 25.0 Å². The molecular formula is C18H32F3NO3. The van der Waals surface area contributed by atoms with Crippen molar-refractivity contribution in [3.8, 4) is 0 Å². The summed E-state index contributed by atoms with van der Waals surface area (Å²) in [5.74, 6) is 0.223. The lowest BCUT2D eigenvalue weighted by Crippen LogP contribution is -2.40. The predicted molar refractivity (Wildman–Crippen MR) is 90.0 cm³/mol. The summed E-state index contributed by atoms with van der Waals surface area (Å²) < 4.78 is 48.1. The van der Waals surface area contributed by atoms with Gasteiger partial charge in [0.1, 0.15) is 12.1 Å². The van der Waals surface area contributed by atoms with Gasteiger partial charge in [-0.15, -0.1) is 0 Å². The molecule has 1 heterocycles. The van der Waals surface area contributed by atoms with Gasteiger partial charge in [0.05, 0.1) is 6.10 Å². The van der Waals surface area contributed by atoms with Crippen LogP contribution in [-0.4, -0.2) is 37.0 Å². The minimum atomic E-state index is -4.18. The highest BCUT2D eigenvalue weighted by molar-refractivity contribution is 5.75. The highest BCUT2D eigenvalue weighted by atomic mass is 19.4. The van der Waals surface area contributed by atoms with Gasteiger partial charge in [-0.3, -0.25) is 4.79 Å². The second kappa shape index (κ2) is 10.4. The van der Waals surface area contributed by atoms with Crippen LogP contribution in [0.5, 0.6) is 0 Å². The van der Waals surface area contributed by atoms with Gasteiger partial charge in [0.25, 0.3) is 0 Å². The van der Waals surface area contributed by atoms with Gasteiger partial charge in [-0.1, -0.05) is 26.7 Å². The zero-order valence-electron chi connectivity index (χ0n) is 15.5. The minimum absolute atomic E-state index is 0.0102. The summed E-state index contributed by atoms with van der Waals surface area (Å²) in [6.07, 6.45) is -1.94. The highest BCUT2D eigenvalue weighted by Gasteiger charge is 2.33. The number of hydrogen-bond donors (Lipinski definition) is 1. The van der Waals surface area contributed by atoms with Crippen molar-refractivity contribution in [1.82, 2.24) is 0 Å². The van der Waals surface area contributed by atoms with E-state index in [1.807, 2.05) is 0 Å². The van der Waals surface area contributed by atoms with Crippen LogP contribution < -0.4 is 5.73 Å². The van der Waals surface area contributed by atoms with Crippen molar-refractivity contribution < 1.29 is 27.4 Å². The molecule has 0 aromatic carbocycles. The van der Waals surface area contributed by atoms with Crippen LogP contribution in [0.3, 0.4) is 0 Å². The van der Waals surface area contributed by atoms with Crippen molar-refractivity contribution in [2.24, 2.45) is 17.6 Å². The number of carbonyl (C=O) groups is 1. The number of rotatable bonds is 7. The third-order valence-corrected chi connectivity index (χ3v) is 4.65. The number of ether oxygens (including phenoxy) is 2. The minimum Gasteiger partial charge on any atom is -0.459 e. The van der Waals surface area contributed by atoms with Crippen molar-refractivity contribution in [1.29, 1.82) is 0 Å². The summed E-state index contributed by atoms with van der Waals surface area (Å²) in [6, 6.07) is -0.642. The molecule has 1 rings (SSSR count). The van der Waals surface area contributed by atoms with E-state index in [1.165, 1.54) is 0 Å². The Morgan fingerprint density at radius 3 is 2.60 bits per heavy atom. The highest BCUT2D eigenvalue weighted by Crippen LogP contribution is 2.29. The van der Waals surface area contributed by atoms with E-state index in [0.29, 0.717) is 12.3 Å². The maximum atomic E-state index is 12.3. The third kappa shape index (κ3) is 8.90. The van der Waals surface area contributed by atoms with Gasteiger partial charge in [-0.2, -0.15) is 13.2 Å². The Bertz CT molecular complexity index is 402. The second-order valence-electron chi connectivity index (χ2n) is 7.46. The molecule has 25 heavy (non-hydrogen) atoms. The lowest BCUT2D eigenvalue weighted by atomic mass is 9.86. The third-order valence-electron chi connectivity index (χ3n) is 4.65. The summed E-state index contributed by atoms with van der Waals surface area (Å²) in [4.78, 5) is 12.0. The predicted octanol–water partition coefficient (Wildman–Crippen LogP) is 4.21. The average Bonchev–Trinajstić information content (AvgIpc) is 2.53. The van der Waals surface area contributed by atoms with Gasteiger partial charge >= 0.3 is 12.1 Å². The molecule has 1 saturated heterocycles. The molecule has 0 amide bonds. The van der Waals surface area contributed by atoms with Crippen LogP contribution in [0, 0.1) is 11.8 Å². The number of carbonyl (C=O) groups excluding carboxylic acids is 1. The lowest BCUT2D eigenvalue weighted by molar-refractivity contribution is -0.162. The molecule has 0 aliphatic carbocycles. The Hall–Kier alpha value is -0.820. The molecule has 0 spiro atoms. The molecule has 2 N–H and O–H groups in total. The molecular weight excluding hydrogens is 335 g/mol. The van der Waals surface area contributed by atoms with E-state index >= 15 is 0 Å². The van der Waals surface area contributed by atoms with Gasteiger partial charge in [0, 0.05) is 13.0 Å². The largest absolute Gasteiger partial charge is 0.459 e. The lowest BCUT2D eigenvalue weighted by Gasteiger charge is -2.31. The van der Waals surface area contributed by atoms with Crippen molar-refractivity contribution in [2.75, 3.05) is 6.61 Å². The molecule has 1 fully saturated rings. The van der Waals surface area contributed by atoms with Gasteiger partial charge in [0.15, 0.2) is 0 Å². The fraction of sp³-hybridized carbons (Fsp3) is 0.944. The summed E-state index contributed by atoms with van der Waals surface area (Å²) in [6.45, 7) is 6.02. The molecule has 4 nitrogen and oxygen atoms in total. The number of cyclic esters (lactones) is 1. The molecule has 0 radical (unpaired) electrons. The number of alkyl halides is 3. The second-order valence-corrected chi connectivity index (χ2v) is 7.46. The number of nitrogens with two attached hydrogens (primary N) is 1. The van der Waals surface area contributed by atoms with Crippen LogP contribution in [0.1, 0.15) is 65.7 Å². The summed E-state index contributed by atoms with van der Waals surface area (Å²) in [5, 5.41) is 0. The van der Waals surface area contributed by atoms with Gasteiger partial charge in [0.2, 0.25) is 0 Å². The molecule has 1 aliphatic rings. The molecule has 148 valence electrons. The summed E-state index contributed by atoms with van der Waals surface area (Å²) >= 11 is 0. The van der Waals surface area contributed by atoms with E-state index in [0.717, 1.165) is 25.7 Å².